The van der Waals surface area contributed by atoms with E-state index in [9.17, 15) is 35.9 Å². The van der Waals surface area contributed by atoms with Crippen LogP contribution >= 0.6 is 0 Å². The van der Waals surface area contributed by atoms with Gasteiger partial charge in [0.2, 0.25) is 0 Å². The first-order valence-electron chi connectivity index (χ1n) is 7.04. The summed E-state index contributed by atoms with van der Waals surface area (Å²) in [4.78, 5) is 23.7. The smallest absolute Gasteiger partial charge is 0.299 e. The van der Waals surface area contributed by atoms with Gasteiger partial charge in [-0.2, -0.15) is 26.3 Å². The van der Waals surface area contributed by atoms with Gasteiger partial charge in [-0.3, -0.25) is 9.59 Å². The maximum absolute atomic E-state index is 13.1. The van der Waals surface area contributed by atoms with Gasteiger partial charge in [0.05, 0.1) is 12.8 Å². The minimum Gasteiger partial charge on any atom is -0.299 e. The number of hydrogen-bond donors (Lipinski definition) is 0. The van der Waals surface area contributed by atoms with Crippen LogP contribution in [-0.2, 0) is 9.59 Å². The van der Waals surface area contributed by atoms with E-state index in [-0.39, 0.29) is 6.42 Å². The van der Waals surface area contributed by atoms with Gasteiger partial charge in [-0.1, -0.05) is 20.8 Å². The number of hydrogen-bond acceptors (Lipinski definition) is 2. The standard InChI is InChI=1S/C14H20F6O2/c1-4-9(8-13(15,16)17)10(21)7-11(22)12(5-2,6-3)14(18,19)20/h9H,4-8H2,1-3H3. The van der Waals surface area contributed by atoms with E-state index in [2.05, 4.69) is 0 Å². The summed E-state index contributed by atoms with van der Waals surface area (Å²) in [7, 11) is 0. The number of ketones is 2. The van der Waals surface area contributed by atoms with Crippen LogP contribution in [0.3, 0.4) is 0 Å². The van der Waals surface area contributed by atoms with E-state index < -0.39 is 60.9 Å². The molecule has 0 saturated heterocycles. The number of carbonyl (C=O) groups is 2. The van der Waals surface area contributed by atoms with E-state index in [1.807, 2.05) is 0 Å². The number of rotatable bonds is 8. The fourth-order valence-electron chi connectivity index (χ4n) is 2.44. The molecule has 0 aromatic rings. The van der Waals surface area contributed by atoms with Crippen molar-refractivity contribution in [1.82, 2.24) is 0 Å². The number of Topliss-reactive ketones (excluding diaryl/α,β-unsaturated/α-hetero) is 2. The first-order chi connectivity index (χ1) is 9.84. The highest BCUT2D eigenvalue weighted by molar-refractivity contribution is 6.03. The third-order valence-corrected chi connectivity index (χ3v) is 4.04. The molecule has 0 N–H and O–H groups in total. The average molecular weight is 334 g/mol. The summed E-state index contributed by atoms with van der Waals surface area (Å²) in [5.74, 6) is -3.92. The van der Waals surface area contributed by atoms with E-state index in [4.69, 9.17) is 0 Å². The predicted octanol–water partition coefficient (Wildman–Crippen LogP) is 4.86. The SMILES string of the molecule is CCC(CC(F)(F)F)C(=O)CC(=O)C(CC)(CC)C(F)(F)F. The van der Waals surface area contributed by atoms with Gasteiger partial charge in [-0.15, -0.1) is 0 Å². The fraction of sp³-hybridized carbons (Fsp3) is 0.857. The zero-order valence-corrected chi connectivity index (χ0v) is 12.7. The molecule has 0 aliphatic rings. The van der Waals surface area contributed by atoms with Crippen molar-refractivity contribution in [3.8, 4) is 0 Å². The van der Waals surface area contributed by atoms with Gasteiger partial charge in [0.25, 0.3) is 0 Å². The summed E-state index contributed by atoms with van der Waals surface area (Å²) in [5, 5.41) is 0. The molecule has 0 rings (SSSR count). The fourth-order valence-corrected chi connectivity index (χ4v) is 2.44. The van der Waals surface area contributed by atoms with Crippen LogP contribution in [0.2, 0.25) is 0 Å². The topological polar surface area (TPSA) is 34.1 Å². The lowest BCUT2D eigenvalue weighted by Gasteiger charge is -2.32. The average Bonchev–Trinajstić information content (AvgIpc) is 2.35. The Labute approximate surface area is 125 Å². The van der Waals surface area contributed by atoms with Crippen molar-refractivity contribution < 1.29 is 35.9 Å². The maximum Gasteiger partial charge on any atom is 0.401 e. The van der Waals surface area contributed by atoms with Crippen LogP contribution in [0.5, 0.6) is 0 Å². The zero-order valence-electron chi connectivity index (χ0n) is 12.7. The summed E-state index contributed by atoms with van der Waals surface area (Å²) in [5.41, 5.74) is -2.67. The number of halogens is 6. The van der Waals surface area contributed by atoms with Gasteiger partial charge in [0, 0.05) is 5.92 Å². The third-order valence-electron chi connectivity index (χ3n) is 4.04. The molecule has 0 aliphatic heterocycles. The summed E-state index contributed by atoms with van der Waals surface area (Å²) < 4.78 is 76.3. The van der Waals surface area contributed by atoms with Gasteiger partial charge in [-0.25, -0.2) is 0 Å². The molecule has 22 heavy (non-hydrogen) atoms. The second kappa shape index (κ2) is 7.46. The molecule has 1 atom stereocenters. The van der Waals surface area contributed by atoms with Gasteiger partial charge in [0.15, 0.2) is 5.78 Å². The molecular weight excluding hydrogens is 314 g/mol. The molecule has 2 nitrogen and oxygen atoms in total. The van der Waals surface area contributed by atoms with Gasteiger partial charge >= 0.3 is 12.4 Å². The minimum atomic E-state index is -4.83. The molecule has 0 amide bonds. The normalized spacial score (nSPS) is 14.8. The van der Waals surface area contributed by atoms with Crippen LogP contribution in [-0.4, -0.2) is 23.9 Å². The lowest BCUT2D eigenvalue weighted by atomic mass is 9.75. The first kappa shape index (κ1) is 20.9. The number of alkyl halides is 6. The Morgan fingerprint density at radius 2 is 1.36 bits per heavy atom. The van der Waals surface area contributed by atoms with Crippen LogP contribution in [0.4, 0.5) is 26.3 Å². The van der Waals surface area contributed by atoms with Crippen molar-refractivity contribution in [3.63, 3.8) is 0 Å². The molecule has 8 heteroatoms. The third kappa shape index (κ3) is 4.98. The Hall–Kier alpha value is -1.08. The van der Waals surface area contributed by atoms with Gasteiger partial charge < -0.3 is 0 Å². The molecule has 0 saturated carbocycles. The lowest BCUT2D eigenvalue weighted by Crippen LogP contribution is -2.45. The Balaban J connectivity index is 5.20. The van der Waals surface area contributed by atoms with Crippen LogP contribution in [0.1, 0.15) is 52.9 Å². The van der Waals surface area contributed by atoms with Crippen molar-refractivity contribution in [1.29, 1.82) is 0 Å². The Kier molecular flexibility index (Phi) is 7.09. The summed E-state index contributed by atoms with van der Waals surface area (Å²) in [6.45, 7) is 3.67. The van der Waals surface area contributed by atoms with Crippen molar-refractivity contribution in [2.45, 2.75) is 65.2 Å². The van der Waals surface area contributed by atoms with Crippen LogP contribution in [0.15, 0.2) is 0 Å². The van der Waals surface area contributed by atoms with E-state index >= 15 is 0 Å². The molecule has 0 radical (unpaired) electrons. The molecule has 0 heterocycles. The van der Waals surface area contributed by atoms with Crippen molar-refractivity contribution in [2.75, 3.05) is 0 Å². The Morgan fingerprint density at radius 3 is 1.64 bits per heavy atom. The van der Waals surface area contributed by atoms with Crippen LogP contribution in [0.25, 0.3) is 0 Å². The Morgan fingerprint density at radius 1 is 0.909 bits per heavy atom. The molecule has 0 spiro atoms. The molecule has 0 bridgehead atoms. The second-order valence-corrected chi connectivity index (χ2v) is 5.28. The highest BCUT2D eigenvalue weighted by Crippen LogP contribution is 2.45. The van der Waals surface area contributed by atoms with Crippen LogP contribution < -0.4 is 0 Å². The summed E-state index contributed by atoms with van der Waals surface area (Å²) in [6, 6.07) is 0. The monoisotopic (exact) mass is 334 g/mol. The van der Waals surface area contributed by atoms with E-state index in [1.165, 1.54) is 20.8 Å². The van der Waals surface area contributed by atoms with Gasteiger partial charge in [-0.05, 0) is 19.3 Å². The predicted molar refractivity (Wildman–Crippen MR) is 68.2 cm³/mol. The maximum atomic E-state index is 13.1. The summed E-state index contributed by atoms with van der Waals surface area (Å²) in [6.07, 6.45) is -13.2. The van der Waals surface area contributed by atoms with Crippen molar-refractivity contribution in [3.05, 3.63) is 0 Å². The minimum absolute atomic E-state index is 0.178. The second-order valence-electron chi connectivity index (χ2n) is 5.28. The largest absolute Gasteiger partial charge is 0.401 e. The number of carbonyl (C=O) groups excluding carboxylic acids is 2. The molecule has 0 aliphatic carbocycles. The molecule has 0 aromatic carbocycles. The van der Waals surface area contributed by atoms with Gasteiger partial charge in [0.1, 0.15) is 11.2 Å². The zero-order chi connectivity index (χ0) is 17.8. The highest BCUT2D eigenvalue weighted by Gasteiger charge is 2.57. The lowest BCUT2D eigenvalue weighted by molar-refractivity contribution is -0.222. The molecule has 1 unspecified atom stereocenters. The van der Waals surface area contributed by atoms with E-state index in [0.29, 0.717) is 0 Å². The van der Waals surface area contributed by atoms with E-state index in [0.717, 1.165) is 0 Å². The van der Waals surface area contributed by atoms with E-state index in [1.54, 1.807) is 0 Å². The summed E-state index contributed by atoms with van der Waals surface area (Å²) >= 11 is 0. The quantitative estimate of drug-likeness (QED) is 0.469. The molecule has 0 aromatic heterocycles. The Bertz CT molecular complexity index is 393. The molecule has 0 fully saturated rings. The molecular formula is C14H20F6O2. The van der Waals surface area contributed by atoms with Crippen molar-refractivity contribution in [2.24, 2.45) is 11.3 Å². The van der Waals surface area contributed by atoms with Crippen molar-refractivity contribution >= 4 is 11.6 Å². The van der Waals surface area contributed by atoms with Crippen LogP contribution in [0, 0.1) is 11.3 Å². The highest BCUT2D eigenvalue weighted by atomic mass is 19.4. The first-order valence-corrected chi connectivity index (χ1v) is 7.04. The molecule has 130 valence electrons.